The van der Waals surface area contributed by atoms with Crippen molar-refractivity contribution in [1.29, 1.82) is 0 Å². The van der Waals surface area contributed by atoms with Crippen molar-refractivity contribution in [2.45, 2.75) is 6.42 Å². The number of nitrogen functional groups attached to an aromatic ring is 1. The molecule has 0 aliphatic carbocycles. The van der Waals surface area contributed by atoms with Crippen LogP contribution in [0.3, 0.4) is 0 Å². The first kappa shape index (κ1) is 8.19. The predicted molar refractivity (Wildman–Crippen MR) is 47.8 cm³/mol. The normalized spacial score (nSPS) is 13.3. The van der Waals surface area contributed by atoms with Gasteiger partial charge >= 0.3 is 0 Å². The molecule has 0 aromatic heterocycles. The zero-order valence-electron chi connectivity index (χ0n) is 7.12. The SMILES string of the molecule is Nc1c(CCO)ccc2c1OCO2. The monoisotopic (exact) mass is 181 g/mol. The zero-order chi connectivity index (χ0) is 9.26. The van der Waals surface area contributed by atoms with E-state index in [2.05, 4.69) is 0 Å². The maximum atomic E-state index is 8.77. The zero-order valence-corrected chi connectivity index (χ0v) is 7.12. The van der Waals surface area contributed by atoms with E-state index >= 15 is 0 Å². The second kappa shape index (κ2) is 3.14. The van der Waals surface area contributed by atoms with Gasteiger partial charge in [0, 0.05) is 6.61 Å². The summed E-state index contributed by atoms with van der Waals surface area (Å²) >= 11 is 0. The molecule has 0 saturated heterocycles. The van der Waals surface area contributed by atoms with Gasteiger partial charge in [0.25, 0.3) is 0 Å². The summed E-state index contributed by atoms with van der Waals surface area (Å²) in [7, 11) is 0. The molecule has 1 aromatic carbocycles. The van der Waals surface area contributed by atoms with Crippen molar-refractivity contribution in [2.75, 3.05) is 19.1 Å². The van der Waals surface area contributed by atoms with Crippen LogP contribution in [0.5, 0.6) is 11.5 Å². The summed E-state index contributed by atoms with van der Waals surface area (Å²) in [6.45, 7) is 0.311. The van der Waals surface area contributed by atoms with Crippen LogP contribution in [0.4, 0.5) is 5.69 Å². The molecule has 0 amide bonds. The molecular formula is C9H11NO3. The van der Waals surface area contributed by atoms with Crippen molar-refractivity contribution in [1.82, 2.24) is 0 Å². The molecule has 1 aliphatic rings. The minimum Gasteiger partial charge on any atom is -0.454 e. The van der Waals surface area contributed by atoms with Crippen molar-refractivity contribution < 1.29 is 14.6 Å². The van der Waals surface area contributed by atoms with E-state index in [0.29, 0.717) is 23.6 Å². The summed E-state index contributed by atoms with van der Waals surface area (Å²) in [4.78, 5) is 0. The average molecular weight is 181 g/mol. The number of aliphatic hydroxyl groups excluding tert-OH is 1. The molecule has 2 rings (SSSR count). The van der Waals surface area contributed by atoms with E-state index in [1.165, 1.54) is 0 Å². The Bertz CT molecular complexity index is 325. The standard InChI is InChI=1S/C9H11NO3/c10-8-6(3-4-11)1-2-7-9(8)13-5-12-7/h1-2,11H,3-5,10H2. The number of ether oxygens (including phenoxy) is 2. The fraction of sp³-hybridized carbons (Fsp3) is 0.333. The highest BCUT2D eigenvalue weighted by Gasteiger charge is 2.18. The largest absolute Gasteiger partial charge is 0.454 e. The summed E-state index contributed by atoms with van der Waals surface area (Å²) in [6, 6.07) is 3.66. The maximum absolute atomic E-state index is 8.77. The third-order valence-electron chi connectivity index (χ3n) is 2.05. The van der Waals surface area contributed by atoms with Gasteiger partial charge in [-0.25, -0.2) is 0 Å². The number of anilines is 1. The smallest absolute Gasteiger partial charge is 0.231 e. The first-order chi connectivity index (χ1) is 6.33. The minimum absolute atomic E-state index is 0.0871. The van der Waals surface area contributed by atoms with Crippen LogP contribution < -0.4 is 15.2 Å². The molecule has 0 fully saturated rings. The minimum atomic E-state index is 0.0871. The third kappa shape index (κ3) is 1.29. The number of hydrogen-bond acceptors (Lipinski definition) is 4. The molecule has 0 atom stereocenters. The number of benzene rings is 1. The summed E-state index contributed by atoms with van der Waals surface area (Å²) in [5.74, 6) is 1.28. The molecule has 0 bridgehead atoms. The van der Waals surface area contributed by atoms with Crippen molar-refractivity contribution in [3.63, 3.8) is 0 Å². The number of nitrogens with two attached hydrogens (primary N) is 1. The number of rotatable bonds is 2. The Morgan fingerprint density at radius 1 is 1.38 bits per heavy atom. The summed E-state index contributed by atoms with van der Waals surface area (Å²) < 4.78 is 10.3. The molecule has 4 heteroatoms. The second-order valence-corrected chi connectivity index (χ2v) is 2.85. The van der Waals surface area contributed by atoms with Crippen LogP contribution in [0.2, 0.25) is 0 Å². The van der Waals surface area contributed by atoms with Gasteiger partial charge in [0.15, 0.2) is 11.5 Å². The number of aliphatic hydroxyl groups is 1. The van der Waals surface area contributed by atoms with Gasteiger partial charge in [0.1, 0.15) is 0 Å². The van der Waals surface area contributed by atoms with Gasteiger partial charge in [-0.1, -0.05) is 6.07 Å². The van der Waals surface area contributed by atoms with Crippen molar-refractivity contribution in [3.8, 4) is 11.5 Å². The van der Waals surface area contributed by atoms with E-state index in [0.717, 1.165) is 5.56 Å². The molecule has 4 nitrogen and oxygen atoms in total. The number of fused-ring (bicyclic) bond motifs is 1. The van der Waals surface area contributed by atoms with Gasteiger partial charge in [-0.05, 0) is 18.1 Å². The van der Waals surface area contributed by atoms with Gasteiger partial charge in [0.05, 0.1) is 5.69 Å². The molecule has 0 radical (unpaired) electrons. The van der Waals surface area contributed by atoms with Crippen LogP contribution >= 0.6 is 0 Å². The van der Waals surface area contributed by atoms with Crippen molar-refractivity contribution in [2.24, 2.45) is 0 Å². The Kier molecular flexibility index (Phi) is 1.98. The van der Waals surface area contributed by atoms with Crippen LogP contribution in [0, 0.1) is 0 Å². The Morgan fingerprint density at radius 2 is 2.23 bits per heavy atom. The lowest BCUT2D eigenvalue weighted by atomic mass is 10.1. The molecular weight excluding hydrogens is 170 g/mol. The quantitative estimate of drug-likeness (QED) is 0.653. The van der Waals surface area contributed by atoms with E-state index in [9.17, 15) is 0 Å². The fourth-order valence-electron chi connectivity index (χ4n) is 1.37. The molecule has 13 heavy (non-hydrogen) atoms. The molecule has 1 aliphatic heterocycles. The molecule has 0 saturated carbocycles. The van der Waals surface area contributed by atoms with Gasteiger partial charge < -0.3 is 20.3 Å². The van der Waals surface area contributed by atoms with Gasteiger partial charge in [-0.2, -0.15) is 0 Å². The molecule has 70 valence electrons. The van der Waals surface area contributed by atoms with Crippen LogP contribution in [0.1, 0.15) is 5.56 Å². The molecule has 1 aromatic rings. The van der Waals surface area contributed by atoms with Crippen molar-refractivity contribution >= 4 is 5.69 Å². The van der Waals surface area contributed by atoms with Crippen LogP contribution in [-0.4, -0.2) is 18.5 Å². The lowest BCUT2D eigenvalue weighted by Gasteiger charge is -2.06. The van der Waals surface area contributed by atoms with Crippen LogP contribution in [0.25, 0.3) is 0 Å². The average Bonchev–Trinajstić information content (AvgIpc) is 2.58. The molecule has 0 unspecified atom stereocenters. The second-order valence-electron chi connectivity index (χ2n) is 2.85. The Hall–Kier alpha value is -1.42. The van der Waals surface area contributed by atoms with E-state index in [-0.39, 0.29) is 13.4 Å². The lowest BCUT2D eigenvalue weighted by Crippen LogP contribution is -1.99. The maximum Gasteiger partial charge on any atom is 0.231 e. The lowest BCUT2D eigenvalue weighted by molar-refractivity contribution is 0.174. The summed E-state index contributed by atoms with van der Waals surface area (Å²) in [6.07, 6.45) is 0.544. The molecule has 1 heterocycles. The Labute approximate surface area is 75.9 Å². The van der Waals surface area contributed by atoms with Crippen molar-refractivity contribution in [3.05, 3.63) is 17.7 Å². The highest BCUT2D eigenvalue weighted by atomic mass is 16.7. The Morgan fingerprint density at radius 3 is 3.00 bits per heavy atom. The summed E-state index contributed by atoms with van der Waals surface area (Å²) in [5.41, 5.74) is 7.27. The van der Waals surface area contributed by atoms with Crippen LogP contribution in [-0.2, 0) is 6.42 Å². The predicted octanol–water partition coefficient (Wildman–Crippen LogP) is 0.532. The van der Waals surface area contributed by atoms with Gasteiger partial charge in [0.2, 0.25) is 6.79 Å². The molecule has 3 N–H and O–H groups in total. The molecule has 0 spiro atoms. The first-order valence-corrected chi connectivity index (χ1v) is 4.10. The highest BCUT2D eigenvalue weighted by Crippen LogP contribution is 2.39. The topological polar surface area (TPSA) is 64.7 Å². The van der Waals surface area contributed by atoms with E-state index in [1.807, 2.05) is 12.1 Å². The number of hydrogen-bond donors (Lipinski definition) is 2. The van der Waals surface area contributed by atoms with Gasteiger partial charge in [-0.3, -0.25) is 0 Å². The third-order valence-corrected chi connectivity index (χ3v) is 2.05. The highest BCUT2D eigenvalue weighted by molar-refractivity contribution is 5.65. The first-order valence-electron chi connectivity index (χ1n) is 4.10. The summed E-state index contributed by atoms with van der Waals surface area (Å²) in [5, 5.41) is 8.77. The van der Waals surface area contributed by atoms with Crippen LogP contribution in [0.15, 0.2) is 12.1 Å². The van der Waals surface area contributed by atoms with E-state index in [1.54, 1.807) is 0 Å². The van der Waals surface area contributed by atoms with E-state index in [4.69, 9.17) is 20.3 Å². The van der Waals surface area contributed by atoms with Gasteiger partial charge in [-0.15, -0.1) is 0 Å². The Balaban J connectivity index is 2.40. The fourth-order valence-corrected chi connectivity index (χ4v) is 1.37. The van der Waals surface area contributed by atoms with E-state index < -0.39 is 0 Å².